The third-order valence-corrected chi connectivity index (χ3v) is 9.20. The predicted molar refractivity (Wildman–Crippen MR) is 172 cm³/mol. The molecule has 44 heavy (non-hydrogen) atoms. The molecule has 1 fully saturated rings. The van der Waals surface area contributed by atoms with Gasteiger partial charge in [0.1, 0.15) is 5.82 Å². The number of hydrogen-bond donors (Lipinski definition) is 1. The zero-order chi connectivity index (χ0) is 31.5. The van der Waals surface area contributed by atoms with Crippen LogP contribution in [0.25, 0.3) is 17.1 Å². The summed E-state index contributed by atoms with van der Waals surface area (Å²) >= 11 is 0. The number of benzene rings is 2. The Morgan fingerprint density at radius 1 is 1.00 bits per heavy atom. The second-order valence-electron chi connectivity index (χ2n) is 12.3. The van der Waals surface area contributed by atoms with Gasteiger partial charge in [-0.15, -0.1) is 0 Å². The number of nitrogens with one attached hydrogen (secondary N) is 1. The van der Waals surface area contributed by atoms with Crippen LogP contribution in [0.1, 0.15) is 88.9 Å². The number of sulfonamides is 1. The van der Waals surface area contributed by atoms with Gasteiger partial charge in [-0.2, -0.15) is 0 Å². The quantitative estimate of drug-likeness (QED) is 0.209. The average molecular weight is 616 g/mol. The van der Waals surface area contributed by atoms with Crippen LogP contribution in [-0.4, -0.2) is 40.1 Å². The molecule has 0 atom stereocenters. The molecule has 1 aliphatic rings. The first-order valence-corrected chi connectivity index (χ1v) is 16.8. The Bertz CT molecular complexity index is 1770. The number of ether oxygens (including phenoxy) is 1. The van der Waals surface area contributed by atoms with E-state index in [1.807, 2.05) is 64.1 Å². The Morgan fingerprint density at radius 2 is 1.68 bits per heavy atom. The summed E-state index contributed by atoms with van der Waals surface area (Å²) in [7, 11) is -3.74. The molecular formula is C34H41N5O4S. The molecule has 0 spiro atoms. The number of aromatic nitrogens is 4. The summed E-state index contributed by atoms with van der Waals surface area (Å²) in [5.74, 6) is 1.79. The van der Waals surface area contributed by atoms with Gasteiger partial charge in [-0.05, 0) is 70.6 Å². The molecule has 1 N–H and O–H groups in total. The van der Waals surface area contributed by atoms with Crippen molar-refractivity contribution in [1.29, 1.82) is 0 Å². The molecule has 1 aliphatic carbocycles. The Hall–Kier alpha value is -3.89. The van der Waals surface area contributed by atoms with Crippen LogP contribution in [0.5, 0.6) is 5.75 Å². The fourth-order valence-corrected chi connectivity index (χ4v) is 6.87. The Morgan fingerprint density at radius 3 is 2.30 bits per heavy atom. The Balaban J connectivity index is 1.52. The lowest BCUT2D eigenvalue weighted by Crippen LogP contribution is -2.40. The molecule has 2 aromatic heterocycles. The molecule has 4 aromatic rings. The van der Waals surface area contributed by atoms with Gasteiger partial charge < -0.3 is 4.74 Å². The van der Waals surface area contributed by atoms with E-state index < -0.39 is 15.6 Å². The molecule has 1 saturated carbocycles. The first-order chi connectivity index (χ1) is 21.0. The lowest BCUT2D eigenvalue weighted by atomic mass is 9.98. The molecule has 232 valence electrons. The Kier molecular flexibility index (Phi) is 9.31. The van der Waals surface area contributed by atoms with Gasteiger partial charge in [0.15, 0.2) is 5.75 Å². The van der Waals surface area contributed by atoms with Gasteiger partial charge in [0, 0.05) is 29.0 Å². The van der Waals surface area contributed by atoms with E-state index in [1.54, 1.807) is 29.1 Å². The summed E-state index contributed by atoms with van der Waals surface area (Å²) in [5, 5.41) is 0. The third kappa shape index (κ3) is 7.25. The molecule has 10 heteroatoms. The van der Waals surface area contributed by atoms with E-state index in [4.69, 9.17) is 9.72 Å². The zero-order valence-electron chi connectivity index (χ0n) is 26.1. The highest BCUT2D eigenvalue weighted by Crippen LogP contribution is 2.39. The van der Waals surface area contributed by atoms with Crippen molar-refractivity contribution in [3.63, 3.8) is 0 Å². The molecule has 0 aliphatic heterocycles. The van der Waals surface area contributed by atoms with Gasteiger partial charge in [0.25, 0.3) is 5.56 Å². The van der Waals surface area contributed by atoms with Gasteiger partial charge in [0.2, 0.25) is 16.0 Å². The summed E-state index contributed by atoms with van der Waals surface area (Å²) < 4.78 is 36.3. The number of hydrogen-bond acceptors (Lipinski definition) is 7. The van der Waals surface area contributed by atoms with Crippen molar-refractivity contribution < 1.29 is 13.2 Å². The lowest BCUT2D eigenvalue weighted by molar-refractivity contribution is 0.337. The van der Waals surface area contributed by atoms with E-state index in [9.17, 15) is 13.2 Å². The molecule has 0 bridgehead atoms. The molecule has 5 rings (SSSR count). The molecule has 0 radical (unpaired) electrons. The van der Waals surface area contributed by atoms with Crippen molar-refractivity contribution >= 4 is 10.0 Å². The topological polar surface area (TPSA) is 116 Å². The minimum atomic E-state index is -3.74. The highest BCUT2D eigenvalue weighted by molar-refractivity contribution is 7.89. The van der Waals surface area contributed by atoms with E-state index in [-0.39, 0.29) is 16.4 Å². The molecule has 0 saturated heterocycles. The van der Waals surface area contributed by atoms with Gasteiger partial charge >= 0.3 is 0 Å². The van der Waals surface area contributed by atoms with Crippen molar-refractivity contribution in [2.45, 2.75) is 89.5 Å². The third-order valence-electron chi connectivity index (χ3n) is 7.39. The van der Waals surface area contributed by atoms with Crippen LogP contribution in [0.3, 0.4) is 0 Å². The number of aryl methyl sites for hydroxylation is 1. The van der Waals surface area contributed by atoms with Crippen LogP contribution in [-0.2, 0) is 22.9 Å². The van der Waals surface area contributed by atoms with Crippen molar-refractivity contribution in [3.8, 4) is 22.8 Å². The standard InChI is InChI=1S/C34H41N5O4S/c1-6-8-12-29-28(32(40)39(31(37-29)25-18-19-25)33-35-21-26(22-36-33)43-7-2)20-23-14-16-24(17-15-23)27-11-9-10-13-30(27)44(41,42)38-34(3,4)5/h9-11,13-17,21-22,25,38H,6-8,12,18-20H2,1-5H3. The number of unbranched alkanes of at least 4 members (excludes halogenated alkanes) is 1. The Labute approximate surface area is 259 Å². The molecule has 0 unspecified atom stereocenters. The van der Waals surface area contributed by atoms with E-state index in [0.29, 0.717) is 35.9 Å². The maximum Gasteiger partial charge on any atom is 0.264 e. The number of nitrogens with zero attached hydrogens (tertiary/aromatic N) is 4. The van der Waals surface area contributed by atoms with Crippen LogP contribution >= 0.6 is 0 Å². The maximum absolute atomic E-state index is 14.2. The highest BCUT2D eigenvalue weighted by Gasteiger charge is 2.32. The fourth-order valence-electron chi connectivity index (χ4n) is 5.23. The van der Waals surface area contributed by atoms with Gasteiger partial charge in [-0.3, -0.25) is 4.79 Å². The maximum atomic E-state index is 14.2. The second kappa shape index (κ2) is 13.0. The zero-order valence-corrected chi connectivity index (χ0v) is 26.9. The molecule has 2 heterocycles. The van der Waals surface area contributed by atoms with Crippen molar-refractivity contribution in [2.24, 2.45) is 0 Å². The summed E-state index contributed by atoms with van der Waals surface area (Å²) in [5.41, 5.74) is 3.02. The second-order valence-corrected chi connectivity index (χ2v) is 13.9. The van der Waals surface area contributed by atoms with Crippen molar-refractivity contribution in [3.05, 3.63) is 93.9 Å². The average Bonchev–Trinajstić information content (AvgIpc) is 3.83. The lowest BCUT2D eigenvalue weighted by Gasteiger charge is -2.21. The van der Waals surface area contributed by atoms with Crippen LogP contribution < -0.4 is 15.0 Å². The van der Waals surface area contributed by atoms with Gasteiger partial charge in [0.05, 0.1) is 29.6 Å². The van der Waals surface area contributed by atoms with Crippen molar-refractivity contribution in [1.82, 2.24) is 24.2 Å². The first kappa shape index (κ1) is 31.5. The van der Waals surface area contributed by atoms with E-state index in [1.165, 1.54) is 0 Å². The number of rotatable bonds is 12. The van der Waals surface area contributed by atoms with E-state index in [0.717, 1.165) is 54.7 Å². The summed E-state index contributed by atoms with van der Waals surface area (Å²) in [6.07, 6.45) is 8.18. The van der Waals surface area contributed by atoms with Crippen LogP contribution in [0.4, 0.5) is 0 Å². The largest absolute Gasteiger partial charge is 0.491 e. The molecular weight excluding hydrogens is 574 g/mol. The van der Waals surface area contributed by atoms with E-state index >= 15 is 0 Å². The SMILES string of the molecule is CCCCc1nc(C2CC2)n(-c2ncc(OCC)cn2)c(=O)c1Cc1ccc(-c2ccccc2S(=O)(=O)NC(C)(C)C)cc1. The minimum absolute atomic E-state index is 0.147. The summed E-state index contributed by atoms with van der Waals surface area (Å²) in [6, 6.07) is 14.7. The monoisotopic (exact) mass is 615 g/mol. The highest BCUT2D eigenvalue weighted by atomic mass is 32.2. The smallest absolute Gasteiger partial charge is 0.264 e. The normalized spacial score (nSPS) is 13.7. The van der Waals surface area contributed by atoms with Crippen LogP contribution in [0.15, 0.2) is 70.6 Å². The fraction of sp³-hybridized carbons (Fsp3) is 0.412. The van der Waals surface area contributed by atoms with Crippen LogP contribution in [0.2, 0.25) is 0 Å². The van der Waals surface area contributed by atoms with E-state index in [2.05, 4.69) is 21.6 Å². The molecule has 0 amide bonds. The van der Waals surface area contributed by atoms with Crippen LogP contribution in [0, 0.1) is 0 Å². The van der Waals surface area contributed by atoms with Gasteiger partial charge in [-0.25, -0.2) is 32.7 Å². The van der Waals surface area contributed by atoms with Crippen molar-refractivity contribution in [2.75, 3.05) is 6.61 Å². The molecule has 2 aromatic carbocycles. The molecule has 9 nitrogen and oxygen atoms in total. The first-order valence-electron chi connectivity index (χ1n) is 15.3. The minimum Gasteiger partial charge on any atom is -0.491 e. The predicted octanol–water partition coefficient (Wildman–Crippen LogP) is 5.98. The summed E-state index contributed by atoms with van der Waals surface area (Å²) in [6.45, 7) is 9.98. The summed E-state index contributed by atoms with van der Waals surface area (Å²) in [4.78, 5) is 28.5. The van der Waals surface area contributed by atoms with Gasteiger partial charge in [-0.1, -0.05) is 55.8 Å².